The van der Waals surface area contributed by atoms with Gasteiger partial charge in [0.1, 0.15) is 0 Å². The normalized spacial score (nSPS) is 16.6. The van der Waals surface area contributed by atoms with Crippen LogP contribution in [0.3, 0.4) is 0 Å². The molecule has 2 nitrogen and oxygen atoms in total. The van der Waals surface area contributed by atoms with E-state index in [1.807, 2.05) is 0 Å². The predicted octanol–water partition coefficient (Wildman–Crippen LogP) is 11.3. The SMILES string of the molecule is Cc1ccc(N2C/C=C\C=C/C(C)c3ccc(-c4ccc5c6ccccc6n(-c6ccc(C(C)C)cc6)c5c4)cc32)cc1. The molecule has 0 saturated carbocycles. The van der Waals surface area contributed by atoms with Crippen molar-refractivity contribution in [2.24, 2.45) is 0 Å². The average molecular weight is 559 g/mol. The number of rotatable bonds is 4. The Hall–Kier alpha value is -4.82. The molecular formula is C41H38N2. The minimum absolute atomic E-state index is 0.304. The Morgan fingerprint density at radius 3 is 2.16 bits per heavy atom. The zero-order valence-electron chi connectivity index (χ0n) is 25.5. The second-order valence-electron chi connectivity index (χ2n) is 12.2. The van der Waals surface area contributed by atoms with Crippen LogP contribution in [-0.4, -0.2) is 11.1 Å². The lowest BCUT2D eigenvalue weighted by Crippen LogP contribution is -2.19. The summed E-state index contributed by atoms with van der Waals surface area (Å²) in [5.74, 6) is 0.812. The summed E-state index contributed by atoms with van der Waals surface area (Å²) in [6.45, 7) is 9.75. The van der Waals surface area contributed by atoms with E-state index in [0.29, 0.717) is 11.8 Å². The number of hydrogen-bond donors (Lipinski definition) is 0. The third-order valence-corrected chi connectivity index (χ3v) is 8.92. The van der Waals surface area contributed by atoms with Gasteiger partial charge in [-0.1, -0.05) is 117 Å². The van der Waals surface area contributed by atoms with Gasteiger partial charge < -0.3 is 9.47 Å². The summed E-state index contributed by atoms with van der Waals surface area (Å²) in [6, 6.07) is 40.7. The van der Waals surface area contributed by atoms with Gasteiger partial charge in [0.2, 0.25) is 0 Å². The fraction of sp³-hybridized carbons (Fsp3) is 0.171. The third-order valence-electron chi connectivity index (χ3n) is 8.92. The Bertz CT molecular complexity index is 1990. The van der Waals surface area contributed by atoms with Crippen LogP contribution < -0.4 is 4.90 Å². The van der Waals surface area contributed by atoms with Crippen molar-refractivity contribution in [1.82, 2.24) is 4.57 Å². The van der Waals surface area contributed by atoms with E-state index >= 15 is 0 Å². The number of aromatic nitrogens is 1. The summed E-state index contributed by atoms with van der Waals surface area (Å²) >= 11 is 0. The molecule has 43 heavy (non-hydrogen) atoms. The van der Waals surface area contributed by atoms with Gasteiger partial charge in [0.25, 0.3) is 0 Å². The molecule has 0 aliphatic carbocycles. The van der Waals surface area contributed by atoms with Crippen molar-refractivity contribution in [3.05, 3.63) is 150 Å². The Balaban J connectivity index is 1.41. The monoisotopic (exact) mass is 558 g/mol. The van der Waals surface area contributed by atoms with Gasteiger partial charge >= 0.3 is 0 Å². The number of benzene rings is 5. The minimum Gasteiger partial charge on any atom is -0.337 e. The Morgan fingerprint density at radius 1 is 0.674 bits per heavy atom. The van der Waals surface area contributed by atoms with Crippen molar-refractivity contribution >= 4 is 33.2 Å². The molecule has 0 fully saturated rings. The van der Waals surface area contributed by atoms with E-state index < -0.39 is 0 Å². The van der Waals surface area contributed by atoms with Gasteiger partial charge in [-0.2, -0.15) is 0 Å². The highest BCUT2D eigenvalue weighted by molar-refractivity contribution is 6.10. The fourth-order valence-electron chi connectivity index (χ4n) is 6.43. The van der Waals surface area contributed by atoms with Gasteiger partial charge in [-0.05, 0) is 77.6 Å². The van der Waals surface area contributed by atoms with Gasteiger partial charge in [-0.15, -0.1) is 0 Å². The number of anilines is 2. The number of allylic oxidation sites excluding steroid dienone is 3. The fourth-order valence-corrected chi connectivity index (χ4v) is 6.43. The molecule has 6 aromatic rings. The number of fused-ring (bicyclic) bond motifs is 4. The van der Waals surface area contributed by atoms with Gasteiger partial charge in [-0.25, -0.2) is 0 Å². The van der Waals surface area contributed by atoms with Crippen LogP contribution in [0, 0.1) is 6.92 Å². The van der Waals surface area contributed by atoms with E-state index in [1.54, 1.807) is 0 Å². The first-order chi connectivity index (χ1) is 21.0. The van der Waals surface area contributed by atoms with E-state index in [9.17, 15) is 0 Å². The second kappa shape index (κ2) is 11.1. The van der Waals surface area contributed by atoms with Crippen LogP contribution >= 0.6 is 0 Å². The van der Waals surface area contributed by atoms with Crippen LogP contribution in [0.25, 0.3) is 38.6 Å². The molecule has 5 aromatic carbocycles. The summed E-state index contributed by atoms with van der Waals surface area (Å²) < 4.78 is 2.42. The van der Waals surface area contributed by atoms with Crippen molar-refractivity contribution in [1.29, 1.82) is 0 Å². The van der Waals surface area contributed by atoms with Crippen LogP contribution in [0.4, 0.5) is 11.4 Å². The third kappa shape index (κ3) is 4.97. The number of nitrogens with zero attached hydrogens (tertiary/aromatic N) is 2. The molecule has 1 aliphatic heterocycles. The molecule has 212 valence electrons. The van der Waals surface area contributed by atoms with E-state index in [2.05, 4.69) is 171 Å². The first-order valence-electron chi connectivity index (χ1n) is 15.4. The number of aryl methyl sites for hydroxylation is 1. The molecule has 1 unspecified atom stereocenters. The zero-order chi connectivity index (χ0) is 29.5. The first kappa shape index (κ1) is 27.0. The second-order valence-corrected chi connectivity index (χ2v) is 12.2. The zero-order valence-corrected chi connectivity index (χ0v) is 25.5. The molecule has 0 bridgehead atoms. The summed E-state index contributed by atoms with van der Waals surface area (Å²) in [4.78, 5) is 2.45. The van der Waals surface area contributed by atoms with Crippen LogP contribution in [0.1, 0.15) is 49.3 Å². The van der Waals surface area contributed by atoms with E-state index in [1.165, 1.54) is 66.7 Å². The molecule has 0 radical (unpaired) electrons. The minimum atomic E-state index is 0.304. The molecule has 2 heterocycles. The summed E-state index contributed by atoms with van der Waals surface area (Å²) in [6.07, 6.45) is 8.90. The van der Waals surface area contributed by atoms with Gasteiger partial charge in [-0.3, -0.25) is 0 Å². The van der Waals surface area contributed by atoms with Crippen molar-refractivity contribution in [2.75, 3.05) is 11.4 Å². The summed E-state index contributed by atoms with van der Waals surface area (Å²) in [7, 11) is 0. The van der Waals surface area contributed by atoms with E-state index in [-0.39, 0.29) is 0 Å². The molecule has 2 heteroatoms. The van der Waals surface area contributed by atoms with Gasteiger partial charge in [0.05, 0.1) is 11.0 Å². The highest BCUT2D eigenvalue weighted by Crippen LogP contribution is 2.40. The standard InChI is InChI=1S/C41H38N2/c1-28(2)31-15-21-35(22-16-31)43-39-12-8-7-11-37(39)38-24-18-33(27-41(38)43)32-17-23-36-30(4)10-6-5-9-25-42(40(36)26-32)34-19-13-29(3)14-20-34/h5-24,26-28,30H,25H2,1-4H3/b9-5-,10-6-. The highest BCUT2D eigenvalue weighted by Gasteiger charge is 2.19. The van der Waals surface area contributed by atoms with Crippen LogP contribution in [0.2, 0.25) is 0 Å². The topological polar surface area (TPSA) is 8.17 Å². The molecule has 0 amide bonds. The van der Waals surface area contributed by atoms with Crippen molar-refractivity contribution in [3.8, 4) is 16.8 Å². The molecular weight excluding hydrogens is 520 g/mol. The smallest absolute Gasteiger partial charge is 0.0547 e. The lowest BCUT2D eigenvalue weighted by atomic mass is 9.94. The highest BCUT2D eigenvalue weighted by atomic mass is 15.1. The lowest BCUT2D eigenvalue weighted by molar-refractivity contribution is 0.866. The van der Waals surface area contributed by atoms with Crippen molar-refractivity contribution < 1.29 is 0 Å². The molecule has 1 aliphatic rings. The molecule has 1 aromatic heterocycles. The Labute approximate surface area is 255 Å². The van der Waals surface area contributed by atoms with Crippen molar-refractivity contribution in [3.63, 3.8) is 0 Å². The average Bonchev–Trinajstić information content (AvgIpc) is 3.39. The van der Waals surface area contributed by atoms with Crippen LogP contribution in [0.5, 0.6) is 0 Å². The summed E-state index contributed by atoms with van der Waals surface area (Å²) in [5.41, 5.74) is 12.6. The molecule has 1 atom stereocenters. The Morgan fingerprint density at radius 2 is 1.37 bits per heavy atom. The maximum atomic E-state index is 2.45. The van der Waals surface area contributed by atoms with Gasteiger partial charge in [0, 0.05) is 40.3 Å². The first-order valence-corrected chi connectivity index (χ1v) is 15.4. The van der Waals surface area contributed by atoms with Crippen LogP contribution in [-0.2, 0) is 0 Å². The van der Waals surface area contributed by atoms with Crippen molar-refractivity contribution in [2.45, 2.75) is 39.5 Å². The van der Waals surface area contributed by atoms with E-state index in [0.717, 1.165) is 6.54 Å². The maximum absolute atomic E-state index is 2.45. The number of hydrogen-bond acceptors (Lipinski definition) is 1. The maximum Gasteiger partial charge on any atom is 0.0547 e. The Kier molecular flexibility index (Phi) is 6.99. The van der Waals surface area contributed by atoms with E-state index in [4.69, 9.17) is 0 Å². The molecule has 0 N–H and O–H groups in total. The predicted molar refractivity (Wildman–Crippen MR) is 185 cm³/mol. The molecule has 7 rings (SSSR count). The number of para-hydroxylation sites is 1. The molecule has 0 spiro atoms. The summed E-state index contributed by atoms with van der Waals surface area (Å²) in [5, 5.41) is 2.56. The largest absolute Gasteiger partial charge is 0.337 e. The quantitative estimate of drug-likeness (QED) is 0.209. The van der Waals surface area contributed by atoms with Crippen LogP contribution in [0.15, 0.2) is 133 Å². The lowest BCUT2D eigenvalue weighted by Gasteiger charge is -2.28. The van der Waals surface area contributed by atoms with Gasteiger partial charge in [0.15, 0.2) is 0 Å². The molecule has 0 saturated heterocycles.